The Hall–Kier alpha value is -2.09. The van der Waals surface area contributed by atoms with Crippen molar-refractivity contribution in [2.24, 2.45) is 5.84 Å². The number of rotatable bonds is 1. The number of nitrogens with two attached hydrogens (primary N) is 1. The number of ether oxygens (including phenoxy) is 2. The molecule has 1 aromatic rings. The maximum absolute atomic E-state index is 12.6. The molecule has 0 radical (unpaired) electrons. The number of carbonyl (C=O) groups excluding carboxylic acids is 1. The number of hydrazine groups is 1. The lowest BCUT2D eigenvalue weighted by Crippen LogP contribution is -2.34. The third kappa shape index (κ3) is 1.96. The van der Waals surface area contributed by atoms with Crippen LogP contribution in [0.5, 0.6) is 11.5 Å². The van der Waals surface area contributed by atoms with Gasteiger partial charge in [-0.3, -0.25) is 5.43 Å². The molecule has 1 aromatic carbocycles. The maximum Gasteiger partial charge on any atom is 0.586 e. The number of halogens is 2. The van der Waals surface area contributed by atoms with Crippen LogP contribution in [0.4, 0.5) is 19.3 Å². The molecule has 0 aliphatic carbocycles. The van der Waals surface area contributed by atoms with Crippen molar-refractivity contribution in [3.8, 4) is 11.5 Å². The summed E-state index contributed by atoms with van der Waals surface area (Å²) in [7, 11) is 0. The Bertz CT molecular complexity index is 439. The minimum atomic E-state index is -3.67. The van der Waals surface area contributed by atoms with E-state index in [1.807, 2.05) is 5.43 Å². The van der Waals surface area contributed by atoms with Crippen molar-refractivity contribution in [3.05, 3.63) is 18.2 Å². The summed E-state index contributed by atoms with van der Waals surface area (Å²) in [4.78, 5) is 10.8. The molecule has 16 heavy (non-hydrogen) atoms. The van der Waals surface area contributed by atoms with Crippen LogP contribution in [0.3, 0.4) is 0 Å². The number of carbonyl (C=O) groups is 1. The lowest BCUT2D eigenvalue weighted by atomic mass is 10.3. The second-order valence-electron chi connectivity index (χ2n) is 2.93. The minimum absolute atomic E-state index is 0.0938. The largest absolute Gasteiger partial charge is 0.586 e. The predicted octanol–water partition coefficient (Wildman–Crippen LogP) is 1.00. The quantitative estimate of drug-likeness (QED) is 0.382. The number of alkyl halides is 2. The first-order valence-corrected chi connectivity index (χ1v) is 4.18. The van der Waals surface area contributed by atoms with Crippen molar-refractivity contribution in [1.29, 1.82) is 0 Å². The van der Waals surface area contributed by atoms with Crippen LogP contribution in [-0.2, 0) is 0 Å². The Morgan fingerprint density at radius 1 is 1.31 bits per heavy atom. The molecule has 2 rings (SSSR count). The third-order valence-corrected chi connectivity index (χ3v) is 1.79. The Morgan fingerprint density at radius 3 is 2.69 bits per heavy atom. The van der Waals surface area contributed by atoms with Crippen LogP contribution in [0, 0.1) is 0 Å². The summed E-state index contributed by atoms with van der Waals surface area (Å²) in [5.41, 5.74) is 2.08. The summed E-state index contributed by atoms with van der Waals surface area (Å²) in [6.07, 6.45) is -3.67. The molecule has 0 saturated heterocycles. The number of amides is 2. The number of anilines is 1. The van der Waals surface area contributed by atoms with E-state index in [9.17, 15) is 13.6 Å². The van der Waals surface area contributed by atoms with E-state index in [1.54, 1.807) is 0 Å². The van der Waals surface area contributed by atoms with Crippen molar-refractivity contribution in [2.75, 3.05) is 5.32 Å². The summed E-state index contributed by atoms with van der Waals surface area (Å²) in [6.45, 7) is 0. The summed E-state index contributed by atoms with van der Waals surface area (Å²) < 4.78 is 33.6. The molecule has 0 fully saturated rings. The fraction of sp³-hybridized carbons (Fsp3) is 0.125. The highest BCUT2D eigenvalue weighted by atomic mass is 19.3. The molecule has 0 unspecified atom stereocenters. The Kier molecular flexibility index (Phi) is 2.27. The molecule has 0 aromatic heterocycles. The molecular formula is C8H7F2N3O3. The first-order valence-electron chi connectivity index (χ1n) is 4.18. The highest BCUT2D eigenvalue weighted by molar-refractivity contribution is 5.89. The number of nitrogens with one attached hydrogen (secondary N) is 2. The van der Waals surface area contributed by atoms with E-state index in [1.165, 1.54) is 18.2 Å². The molecule has 0 bridgehead atoms. The zero-order valence-electron chi connectivity index (χ0n) is 7.79. The number of hydrogen-bond acceptors (Lipinski definition) is 4. The van der Waals surface area contributed by atoms with Gasteiger partial charge in [0.2, 0.25) is 0 Å². The lowest BCUT2D eigenvalue weighted by Gasteiger charge is -2.04. The van der Waals surface area contributed by atoms with E-state index in [4.69, 9.17) is 5.84 Å². The second kappa shape index (κ2) is 3.49. The summed E-state index contributed by atoms with van der Waals surface area (Å²) >= 11 is 0. The molecule has 1 aliphatic rings. The molecule has 0 saturated carbocycles. The summed E-state index contributed by atoms with van der Waals surface area (Å²) in [6, 6.07) is 3.15. The molecule has 86 valence electrons. The van der Waals surface area contributed by atoms with Crippen LogP contribution in [0.2, 0.25) is 0 Å². The van der Waals surface area contributed by atoms with Crippen molar-refractivity contribution in [2.45, 2.75) is 6.29 Å². The molecule has 0 atom stereocenters. The van der Waals surface area contributed by atoms with Gasteiger partial charge in [-0.15, -0.1) is 8.78 Å². The van der Waals surface area contributed by atoms with E-state index in [0.29, 0.717) is 0 Å². The SMILES string of the molecule is NNC(=O)Nc1ccc2c(c1)OC(F)(F)O2. The van der Waals surface area contributed by atoms with Gasteiger partial charge in [-0.25, -0.2) is 10.6 Å². The van der Waals surface area contributed by atoms with Gasteiger partial charge in [0.1, 0.15) is 0 Å². The van der Waals surface area contributed by atoms with Crippen LogP contribution >= 0.6 is 0 Å². The standard InChI is InChI=1S/C8H7F2N3O3/c9-8(10)15-5-2-1-4(3-6(5)16-8)12-7(14)13-11/h1-3H,11H2,(H2,12,13,14). The normalized spacial score (nSPS) is 15.7. The van der Waals surface area contributed by atoms with Gasteiger partial charge in [-0.2, -0.15) is 0 Å². The number of fused-ring (bicyclic) bond motifs is 1. The van der Waals surface area contributed by atoms with Gasteiger partial charge in [0, 0.05) is 11.8 Å². The van der Waals surface area contributed by atoms with Gasteiger partial charge in [-0.05, 0) is 12.1 Å². The highest BCUT2D eigenvalue weighted by Crippen LogP contribution is 2.42. The Balaban J connectivity index is 2.19. The van der Waals surface area contributed by atoms with Crippen LogP contribution in [0.15, 0.2) is 18.2 Å². The van der Waals surface area contributed by atoms with Crippen LogP contribution in [-0.4, -0.2) is 12.3 Å². The van der Waals surface area contributed by atoms with E-state index < -0.39 is 12.3 Å². The predicted molar refractivity (Wildman–Crippen MR) is 49.0 cm³/mol. The number of benzene rings is 1. The molecule has 4 N–H and O–H groups in total. The molecule has 1 aliphatic heterocycles. The van der Waals surface area contributed by atoms with Gasteiger partial charge in [0.05, 0.1) is 0 Å². The Labute approximate surface area is 88.3 Å². The summed E-state index contributed by atoms with van der Waals surface area (Å²) in [5.74, 6) is 4.59. The summed E-state index contributed by atoms with van der Waals surface area (Å²) in [5, 5.41) is 2.29. The third-order valence-electron chi connectivity index (χ3n) is 1.79. The van der Waals surface area contributed by atoms with Crippen molar-refractivity contribution >= 4 is 11.7 Å². The number of hydrogen-bond donors (Lipinski definition) is 3. The fourth-order valence-electron chi connectivity index (χ4n) is 1.19. The minimum Gasteiger partial charge on any atom is -0.395 e. The first kappa shape index (κ1) is 10.4. The smallest absolute Gasteiger partial charge is 0.395 e. The average molecular weight is 231 g/mol. The topological polar surface area (TPSA) is 85.6 Å². The van der Waals surface area contributed by atoms with Crippen molar-refractivity contribution in [3.63, 3.8) is 0 Å². The first-order chi connectivity index (χ1) is 7.50. The maximum atomic E-state index is 12.6. The average Bonchev–Trinajstić information content (AvgIpc) is 2.51. The molecule has 8 heteroatoms. The van der Waals surface area contributed by atoms with Crippen LogP contribution < -0.4 is 26.1 Å². The van der Waals surface area contributed by atoms with Crippen molar-refractivity contribution < 1.29 is 23.0 Å². The van der Waals surface area contributed by atoms with Gasteiger partial charge in [-0.1, -0.05) is 0 Å². The van der Waals surface area contributed by atoms with Crippen molar-refractivity contribution in [1.82, 2.24) is 5.43 Å². The molecule has 1 heterocycles. The van der Waals surface area contributed by atoms with Crippen LogP contribution in [0.1, 0.15) is 0 Å². The molecule has 6 nitrogen and oxygen atoms in total. The van der Waals surface area contributed by atoms with Gasteiger partial charge < -0.3 is 14.8 Å². The monoisotopic (exact) mass is 231 g/mol. The van der Waals surface area contributed by atoms with Gasteiger partial charge >= 0.3 is 12.3 Å². The fourth-order valence-corrected chi connectivity index (χ4v) is 1.19. The number of urea groups is 1. The van der Waals surface area contributed by atoms with Gasteiger partial charge in [0.25, 0.3) is 0 Å². The highest BCUT2D eigenvalue weighted by Gasteiger charge is 2.43. The lowest BCUT2D eigenvalue weighted by molar-refractivity contribution is -0.286. The van der Waals surface area contributed by atoms with E-state index in [0.717, 1.165) is 0 Å². The second-order valence-corrected chi connectivity index (χ2v) is 2.93. The van der Waals surface area contributed by atoms with E-state index in [2.05, 4.69) is 14.8 Å². The zero-order valence-corrected chi connectivity index (χ0v) is 7.79. The van der Waals surface area contributed by atoms with E-state index >= 15 is 0 Å². The Morgan fingerprint density at radius 2 is 2.00 bits per heavy atom. The van der Waals surface area contributed by atoms with Crippen LogP contribution in [0.25, 0.3) is 0 Å². The molecular weight excluding hydrogens is 224 g/mol. The van der Waals surface area contributed by atoms with E-state index in [-0.39, 0.29) is 17.2 Å². The zero-order chi connectivity index (χ0) is 11.8. The molecule has 0 spiro atoms. The van der Waals surface area contributed by atoms with Gasteiger partial charge in [0.15, 0.2) is 11.5 Å². The molecule has 2 amide bonds.